The third kappa shape index (κ3) is 4.15. The largest absolute Gasteiger partial charge is 0.381 e. The summed E-state index contributed by atoms with van der Waals surface area (Å²) >= 11 is 0. The van der Waals surface area contributed by atoms with E-state index in [-0.39, 0.29) is 5.54 Å². The Balaban J connectivity index is 0.000000161. The van der Waals surface area contributed by atoms with E-state index in [4.69, 9.17) is 9.47 Å². The number of hydrogen-bond acceptors (Lipinski definition) is 5. The first kappa shape index (κ1) is 22.5. The van der Waals surface area contributed by atoms with Gasteiger partial charge in [0.05, 0.1) is 25.4 Å². The molecule has 0 spiro atoms. The number of nitrogens with zero attached hydrogens (tertiary/aromatic N) is 1. The summed E-state index contributed by atoms with van der Waals surface area (Å²) in [6, 6.07) is 0.538. The molecule has 5 heteroatoms. The van der Waals surface area contributed by atoms with Crippen LogP contribution in [-0.4, -0.2) is 75.6 Å². The number of morpholine rings is 1. The maximum Gasteiger partial charge on any atom is 0.0872 e. The van der Waals surface area contributed by atoms with Crippen LogP contribution in [0.15, 0.2) is 0 Å². The molecule has 4 aliphatic heterocycles. The second-order valence-corrected chi connectivity index (χ2v) is 10.7. The molecule has 164 valence electrons. The Hall–Kier alpha value is -0.200. The maximum absolute atomic E-state index is 5.81. The van der Waals surface area contributed by atoms with Gasteiger partial charge >= 0.3 is 0 Å². The van der Waals surface area contributed by atoms with Crippen molar-refractivity contribution in [2.45, 2.75) is 65.6 Å². The number of likely N-dealkylation sites (N-methyl/N-ethyl adjacent to an activating group) is 1. The van der Waals surface area contributed by atoms with Crippen molar-refractivity contribution in [3.05, 3.63) is 0 Å². The highest BCUT2D eigenvalue weighted by molar-refractivity contribution is 5.09. The van der Waals surface area contributed by atoms with Gasteiger partial charge in [-0.05, 0) is 56.0 Å². The second-order valence-electron chi connectivity index (χ2n) is 10.7. The lowest BCUT2D eigenvalue weighted by molar-refractivity contribution is -0.0594. The Bertz CT molecular complexity index is 514. The first-order valence-electron chi connectivity index (χ1n) is 11.6. The van der Waals surface area contributed by atoms with Crippen molar-refractivity contribution in [1.29, 1.82) is 0 Å². The molecule has 0 bridgehead atoms. The molecule has 28 heavy (non-hydrogen) atoms. The minimum absolute atomic E-state index is 0.208. The van der Waals surface area contributed by atoms with E-state index in [2.05, 4.69) is 64.1 Å². The van der Waals surface area contributed by atoms with Gasteiger partial charge in [-0.25, -0.2) is 0 Å². The molecule has 4 rings (SSSR count). The van der Waals surface area contributed by atoms with E-state index in [1.54, 1.807) is 0 Å². The molecule has 4 saturated heterocycles. The third-order valence-corrected chi connectivity index (χ3v) is 8.72. The summed E-state index contributed by atoms with van der Waals surface area (Å²) in [5.41, 5.74) is 0.685. The van der Waals surface area contributed by atoms with E-state index in [0.29, 0.717) is 23.5 Å². The number of hydrogen-bond donors (Lipinski definition) is 2. The highest BCUT2D eigenvalue weighted by Crippen LogP contribution is 2.45. The number of nitrogens with one attached hydrogen (secondary N) is 2. The Morgan fingerprint density at radius 2 is 1.75 bits per heavy atom. The smallest absolute Gasteiger partial charge is 0.0872 e. The minimum Gasteiger partial charge on any atom is -0.381 e. The fourth-order valence-electron chi connectivity index (χ4n) is 5.96. The minimum atomic E-state index is 0.208. The molecule has 0 aromatic rings. The van der Waals surface area contributed by atoms with Crippen LogP contribution in [0.2, 0.25) is 0 Å². The molecule has 0 amide bonds. The molecule has 0 aliphatic carbocycles. The van der Waals surface area contributed by atoms with E-state index >= 15 is 0 Å². The van der Waals surface area contributed by atoms with Gasteiger partial charge in [-0.15, -0.1) is 0 Å². The Morgan fingerprint density at radius 1 is 1.00 bits per heavy atom. The highest BCUT2D eigenvalue weighted by Gasteiger charge is 2.50. The topological polar surface area (TPSA) is 45.8 Å². The average Bonchev–Trinajstić information content (AvgIpc) is 3.22. The standard InChI is InChI=1S/C12H23NO.C11H22N2O/c1-9(2)12(3)4-5-14-8-10-6-13-7-11(10)12;1-8(2)11(3)10-9(7-12-11)14-6-5-13(10)4/h9-11,13H,4-8H2,1-3H3;8-10,12H,5-7H2,1-4H3. The van der Waals surface area contributed by atoms with Gasteiger partial charge in [0.25, 0.3) is 0 Å². The van der Waals surface area contributed by atoms with Crippen LogP contribution < -0.4 is 10.6 Å². The van der Waals surface area contributed by atoms with Crippen LogP contribution in [0.25, 0.3) is 0 Å². The van der Waals surface area contributed by atoms with Gasteiger partial charge in [-0.2, -0.15) is 0 Å². The molecule has 4 aliphatic rings. The fourth-order valence-corrected chi connectivity index (χ4v) is 5.96. The monoisotopic (exact) mass is 395 g/mol. The van der Waals surface area contributed by atoms with E-state index < -0.39 is 0 Å². The van der Waals surface area contributed by atoms with Crippen LogP contribution in [0.5, 0.6) is 0 Å². The average molecular weight is 396 g/mol. The third-order valence-electron chi connectivity index (χ3n) is 8.72. The predicted octanol–water partition coefficient (Wildman–Crippen LogP) is 2.61. The van der Waals surface area contributed by atoms with Crippen LogP contribution in [0.3, 0.4) is 0 Å². The zero-order chi connectivity index (χ0) is 20.5. The van der Waals surface area contributed by atoms with Gasteiger partial charge in [0.15, 0.2) is 0 Å². The molecule has 0 aromatic heterocycles. The number of ether oxygens (including phenoxy) is 2. The zero-order valence-electron chi connectivity index (χ0n) is 19.4. The predicted molar refractivity (Wildman–Crippen MR) is 116 cm³/mol. The van der Waals surface area contributed by atoms with Crippen molar-refractivity contribution in [2.75, 3.05) is 53.0 Å². The molecule has 6 unspecified atom stereocenters. The van der Waals surface area contributed by atoms with Crippen LogP contribution in [0, 0.1) is 29.1 Å². The Labute approximate surface area is 173 Å². The van der Waals surface area contributed by atoms with Crippen LogP contribution in [-0.2, 0) is 9.47 Å². The van der Waals surface area contributed by atoms with Crippen molar-refractivity contribution in [1.82, 2.24) is 15.5 Å². The van der Waals surface area contributed by atoms with Gasteiger partial charge in [0.2, 0.25) is 0 Å². The van der Waals surface area contributed by atoms with Crippen molar-refractivity contribution >= 4 is 0 Å². The lowest BCUT2D eigenvalue weighted by Crippen LogP contribution is -2.60. The summed E-state index contributed by atoms with van der Waals surface area (Å²) in [6.45, 7) is 21.3. The molecule has 2 N–H and O–H groups in total. The lowest BCUT2D eigenvalue weighted by Gasteiger charge is -2.44. The zero-order valence-corrected chi connectivity index (χ0v) is 19.4. The second kappa shape index (κ2) is 8.89. The molecule has 6 atom stereocenters. The molecular weight excluding hydrogens is 350 g/mol. The Morgan fingerprint density at radius 3 is 2.43 bits per heavy atom. The Kier molecular flexibility index (Phi) is 7.14. The summed E-state index contributed by atoms with van der Waals surface area (Å²) in [5.74, 6) is 2.98. The molecule has 4 heterocycles. The maximum atomic E-state index is 5.81. The van der Waals surface area contributed by atoms with Crippen molar-refractivity contribution < 1.29 is 9.47 Å². The summed E-state index contributed by atoms with van der Waals surface area (Å²) in [5, 5.41) is 7.16. The van der Waals surface area contributed by atoms with E-state index in [0.717, 1.165) is 57.2 Å². The summed E-state index contributed by atoms with van der Waals surface area (Å²) in [6.07, 6.45) is 1.62. The van der Waals surface area contributed by atoms with E-state index in [1.165, 1.54) is 13.0 Å². The number of fused-ring (bicyclic) bond motifs is 2. The molecule has 0 aromatic carbocycles. The molecular formula is C23H45N3O2. The van der Waals surface area contributed by atoms with Crippen molar-refractivity contribution in [2.24, 2.45) is 29.1 Å². The highest BCUT2D eigenvalue weighted by atomic mass is 16.5. The van der Waals surface area contributed by atoms with Gasteiger partial charge in [-0.1, -0.05) is 34.6 Å². The SMILES string of the molecule is CC(C)C1(C)CCOCC2CNCC21.CC(C)C1(C)NCC2OCCN(C)C21. The molecule has 4 fully saturated rings. The first-order chi connectivity index (χ1) is 13.2. The number of rotatable bonds is 2. The molecule has 0 radical (unpaired) electrons. The van der Waals surface area contributed by atoms with E-state index in [1.807, 2.05) is 0 Å². The van der Waals surface area contributed by atoms with Crippen molar-refractivity contribution in [3.8, 4) is 0 Å². The summed E-state index contributed by atoms with van der Waals surface area (Å²) < 4.78 is 11.5. The van der Waals surface area contributed by atoms with Crippen LogP contribution in [0.4, 0.5) is 0 Å². The fraction of sp³-hybridized carbons (Fsp3) is 1.00. The van der Waals surface area contributed by atoms with Crippen LogP contribution in [0.1, 0.15) is 48.0 Å². The summed E-state index contributed by atoms with van der Waals surface area (Å²) in [4.78, 5) is 2.45. The van der Waals surface area contributed by atoms with E-state index in [9.17, 15) is 0 Å². The summed E-state index contributed by atoms with van der Waals surface area (Å²) in [7, 11) is 2.22. The lowest BCUT2D eigenvalue weighted by atomic mass is 9.64. The van der Waals surface area contributed by atoms with Gasteiger partial charge in [-0.3, -0.25) is 4.90 Å². The van der Waals surface area contributed by atoms with Gasteiger partial charge in [0, 0.05) is 31.8 Å². The van der Waals surface area contributed by atoms with Gasteiger partial charge < -0.3 is 20.1 Å². The van der Waals surface area contributed by atoms with Gasteiger partial charge in [0.1, 0.15) is 0 Å². The molecule has 0 saturated carbocycles. The van der Waals surface area contributed by atoms with Crippen LogP contribution >= 0.6 is 0 Å². The quantitative estimate of drug-likeness (QED) is 0.753. The first-order valence-corrected chi connectivity index (χ1v) is 11.6. The molecule has 5 nitrogen and oxygen atoms in total. The normalized spacial score (nSPS) is 44.0. The van der Waals surface area contributed by atoms with Crippen molar-refractivity contribution in [3.63, 3.8) is 0 Å².